The Morgan fingerprint density at radius 2 is 1.71 bits per heavy atom. The number of piperidine rings is 1. The van der Waals surface area contributed by atoms with Crippen LogP contribution in [0.2, 0.25) is 0 Å². The first-order valence-electron chi connectivity index (χ1n) is 10.4. The number of rotatable bonds is 2. The number of nitrogens with zero attached hydrogens (tertiary/aromatic N) is 3. The summed E-state index contributed by atoms with van der Waals surface area (Å²) in [7, 11) is 0. The number of likely N-dealkylation sites (tertiary alicyclic amines) is 1. The van der Waals surface area contributed by atoms with Crippen LogP contribution in [0.3, 0.4) is 0 Å². The van der Waals surface area contributed by atoms with Gasteiger partial charge in [0.2, 0.25) is 0 Å². The van der Waals surface area contributed by atoms with E-state index >= 15 is 0 Å². The summed E-state index contributed by atoms with van der Waals surface area (Å²) in [6.45, 7) is 0.816. The van der Waals surface area contributed by atoms with E-state index in [1.54, 1.807) is 6.20 Å². The van der Waals surface area contributed by atoms with E-state index in [0.717, 1.165) is 30.3 Å². The van der Waals surface area contributed by atoms with Gasteiger partial charge in [-0.2, -0.15) is 10.2 Å². The van der Waals surface area contributed by atoms with Crippen molar-refractivity contribution in [3.63, 3.8) is 0 Å². The molecule has 1 amide bonds. The topological polar surface area (TPSA) is 46.1 Å². The minimum Gasteiger partial charge on any atom is -0.335 e. The summed E-state index contributed by atoms with van der Waals surface area (Å²) >= 11 is 0. The lowest BCUT2D eigenvalue weighted by Crippen LogP contribution is -2.52. The molecule has 142 valence electrons. The Labute approximate surface area is 165 Å². The van der Waals surface area contributed by atoms with Gasteiger partial charge in [0.05, 0.1) is 17.3 Å². The maximum Gasteiger partial charge on any atom is 0.256 e. The third kappa shape index (κ3) is 2.97. The van der Waals surface area contributed by atoms with Crippen LogP contribution >= 0.6 is 0 Å². The average Bonchev–Trinajstić information content (AvgIpc) is 2.78. The smallest absolute Gasteiger partial charge is 0.256 e. The monoisotopic (exact) mass is 371 g/mol. The Kier molecular flexibility index (Phi) is 4.55. The number of aromatic nitrogens is 2. The molecule has 2 aliphatic rings. The predicted molar refractivity (Wildman–Crippen MR) is 110 cm³/mol. The third-order valence-corrected chi connectivity index (χ3v) is 6.65. The van der Waals surface area contributed by atoms with Crippen LogP contribution in [0, 0.1) is 5.92 Å². The standard InChI is InChI=1S/C24H25N3O/c28-24(21-16-25-26-22-12-6-4-10-19(21)22)27-15-14-18(17-8-2-1-3-9-17)20-11-5-7-13-23(20)27/h1-4,6,8-10,12,16,18,20,23H,5,7,11,13-15H2/t18-,20-,23-/m1/s1. The molecule has 2 fully saturated rings. The van der Waals surface area contributed by atoms with Gasteiger partial charge in [0.25, 0.3) is 5.91 Å². The number of amides is 1. The summed E-state index contributed by atoms with van der Waals surface area (Å²) in [6, 6.07) is 19.0. The van der Waals surface area contributed by atoms with Gasteiger partial charge in [-0.05, 0) is 42.7 Å². The van der Waals surface area contributed by atoms with Crippen molar-refractivity contribution in [2.75, 3.05) is 6.54 Å². The molecule has 0 bridgehead atoms. The van der Waals surface area contributed by atoms with Crippen molar-refractivity contribution < 1.29 is 4.79 Å². The Hall–Kier alpha value is -2.75. The van der Waals surface area contributed by atoms with Gasteiger partial charge in [0, 0.05) is 18.0 Å². The van der Waals surface area contributed by atoms with E-state index in [1.165, 1.54) is 24.8 Å². The fraction of sp³-hybridized carbons (Fsp3) is 0.375. The molecule has 1 aromatic heterocycles. The van der Waals surface area contributed by atoms with Crippen LogP contribution in [0.15, 0.2) is 60.8 Å². The normalized spacial score (nSPS) is 24.7. The van der Waals surface area contributed by atoms with Crippen molar-refractivity contribution in [1.82, 2.24) is 15.1 Å². The maximum atomic E-state index is 13.6. The van der Waals surface area contributed by atoms with Crippen LogP contribution in [-0.2, 0) is 0 Å². The largest absolute Gasteiger partial charge is 0.335 e. The Morgan fingerprint density at radius 3 is 2.61 bits per heavy atom. The van der Waals surface area contributed by atoms with Gasteiger partial charge < -0.3 is 4.90 Å². The number of hydrogen-bond acceptors (Lipinski definition) is 3. The lowest BCUT2D eigenvalue weighted by molar-refractivity contribution is 0.0320. The molecule has 1 aliphatic carbocycles. The lowest BCUT2D eigenvalue weighted by Gasteiger charge is -2.48. The highest BCUT2D eigenvalue weighted by Gasteiger charge is 2.42. The van der Waals surface area contributed by atoms with Crippen LogP contribution in [0.1, 0.15) is 53.9 Å². The van der Waals surface area contributed by atoms with Crippen LogP contribution in [-0.4, -0.2) is 33.6 Å². The summed E-state index contributed by atoms with van der Waals surface area (Å²) in [5, 5.41) is 9.18. The highest BCUT2D eigenvalue weighted by Crippen LogP contribution is 2.44. The Bertz CT molecular complexity index is 982. The van der Waals surface area contributed by atoms with Gasteiger partial charge in [-0.15, -0.1) is 0 Å². The zero-order valence-corrected chi connectivity index (χ0v) is 16.0. The molecule has 0 radical (unpaired) electrons. The molecule has 0 N–H and O–H groups in total. The molecule has 0 spiro atoms. The molecule has 1 saturated carbocycles. The molecule has 0 unspecified atom stereocenters. The van der Waals surface area contributed by atoms with Crippen molar-refractivity contribution in [2.45, 2.75) is 44.1 Å². The predicted octanol–water partition coefficient (Wildman–Crippen LogP) is 4.82. The second-order valence-electron chi connectivity index (χ2n) is 8.10. The van der Waals surface area contributed by atoms with E-state index in [2.05, 4.69) is 45.4 Å². The molecular weight excluding hydrogens is 346 g/mol. The highest BCUT2D eigenvalue weighted by molar-refractivity contribution is 6.05. The first kappa shape index (κ1) is 17.4. The molecule has 2 aromatic carbocycles. The molecule has 1 saturated heterocycles. The van der Waals surface area contributed by atoms with Gasteiger partial charge in [0.1, 0.15) is 0 Å². The van der Waals surface area contributed by atoms with E-state index < -0.39 is 0 Å². The minimum atomic E-state index is 0.120. The quantitative estimate of drug-likeness (QED) is 0.649. The number of hydrogen-bond donors (Lipinski definition) is 0. The second kappa shape index (κ2) is 7.34. The SMILES string of the molecule is O=C(c1cnnc2ccccc12)N1CC[C@H](c2ccccc2)[C@H]2CCCC[C@H]21. The van der Waals surface area contributed by atoms with Gasteiger partial charge in [0.15, 0.2) is 0 Å². The van der Waals surface area contributed by atoms with Gasteiger partial charge in [-0.25, -0.2) is 0 Å². The Morgan fingerprint density at radius 1 is 0.929 bits per heavy atom. The number of carbonyl (C=O) groups is 1. The average molecular weight is 371 g/mol. The molecule has 4 nitrogen and oxygen atoms in total. The highest BCUT2D eigenvalue weighted by atomic mass is 16.2. The fourth-order valence-electron chi connectivity index (χ4n) is 5.35. The summed E-state index contributed by atoms with van der Waals surface area (Å²) in [6.07, 6.45) is 7.48. The molecule has 5 rings (SSSR count). The first-order valence-corrected chi connectivity index (χ1v) is 10.4. The van der Waals surface area contributed by atoms with E-state index in [0.29, 0.717) is 23.4 Å². The summed E-state index contributed by atoms with van der Waals surface area (Å²) in [5.74, 6) is 1.23. The zero-order valence-electron chi connectivity index (χ0n) is 16.0. The van der Waals surface area contributed by atoms with Crippen molar-refractivity contribution in [3.8, 4) is 0 Å². The van der Waals surface area contributed by atoms with E-state index in [4.69, 9.17) is 0 Å². The molecule has 3 aromatic rings. The molecule has 4 heteroatoms. The van der Waals surface area contributed by atoms with Gasteiger partial charge >= 0.3 is 0 Å². The number of carbonyl (C=O) groups excluding carboxylic acids is 1. The summed E-state index contributed by atoms with van der Waals surface area (Å²) in [4.78, 5) is 15.7. The maximum absolute atomic E-state index is 13.6. The molecule has 28 heavy (non-hydrogen) atoms. The van der Waals surface area contributed by atoms with Gasteiger partial charge in [-0.3, -0.25) is 4.79 Å². The lowest BCUT2D eigenvalue weighted by atomic mass is 9.69. The van der Waals surface area contributed by atoms with Gasteiger partial charge in [-0.1, -0.05) is 61.4 Å². The summed E-state index contributed by atoms with van der Waals surface area (Å²) < 4.78 is 0. The van der Waals surface area contributed by atoms with E-state index in [9.17, 15) is 4.79 Å². The molecule has 2 heterocycles. The molecule has 1 aliphatic heterocycles. The van der Waals surface area contributed by atoms with E-state index in [-0.39, 0.29) is 5.91 Å². The van der Waals surface area contributed by atoms with Crippen molar-refractivity contribution >= 4 is 16.8 Å². The molecular formula is C24H25N3O. The number of fused-ring (bicyclic) bond motifs is 2. The molecule has 3 atom stereocenters. The van der Waals surface area contributed by atoms with Crippen LogP contribution in [0.25, 0.3) is 10.9 Å². The third-order valence-electron chi connectivity index (χ3n) is 6.65. The van der Waals surface area contributed by atoms with Crippen molar-refractivity contribution in [2.24, 2.45) is 5.92 Å². The zero-order chi connectivity index (χ0) is 18.9. The van der Waals surface area contributed by atoms with E-state index in [1.807, 2.05) is 24.3 Å². The minimum absolute atomic E-state index is 0.120. The van der Waals surface area contributed by atoms with Crippen LogP contribution < -0.4 is 0 Å². The first-order chi connectivity index (χ1) is 13.8. The van der Waals surface area contributed by atoms with Crippen molar-refractivity contribution in [3.05, 3.63) is 71.9 Å². The van der Waals surface area contributed by atoms with Crippen LogP contribution in [0.4, 0.5) is 0 Å². The number of benzene rings is 2. The van der Waals surface area contributed by atoms with Crippen molar-refractivity contribution in [1.29, 1.82) is 0 Å². The Balaban J connectivity index is 1.48. The van der Waals surface area contributed by atoms with Crippen LogP contribution in [0.5, 0.6) is 0 Å². The summed E-state index contributed by atoms with van der Waals surface area (Å²) in [5.41, 5.74) is 2.91. The second-order valence-corrected chi connectivity index (χ2v) is 8.10. The fourth-order valence-corrected chi connectivity index (χ4v) is 5.35.